The van der Waals surface area contributed by atoms with Crippen LogP contribution in [0.4, 0.5) is 0 Å². The summed E-state index contributed by atoms with van der Waals surface area (Å²) in [6.07, 6.45) is 6.09. The summed E-state index contributed by atoms with van der Waals surface area (Å²) in [6.45, 7) is 8.94. The van der Waals surface area contributed by atoms with Gasteiger partial charge in [-0.25, -0.2) is 0 Å². The van der Waals surface area contributed by atoms with E-state index in [0.29, 0.717) is 24.6 Å². The molecular formula is C15H32N2O. The molecule has 108 valence electrons. The zero-order valence-electron chi connectivity index (χ0n) is 12.4. The largest absolute Gasteiger partial charge is 0.396 e. The van der Waals surface area contributed by atoms with Crippen LogP contribution in [0.25, 0.3) is 0 Å². The summed E-state index contributed by atoms with van der Waals surface area (Å²) in [6, 6.07) is 1.17. The Hall–Kier alpha value is -0.120. The van der Waals surface area contributed by atoms with Crippen molar-refractivity contribution in [1.82, 2.24) is 4.90 Å². The van der Waals surface area contributed by atoms with Crippen LogP contribution in [0.3, 0.4) is 0 Å². The van der Waals surface area contributed by atoms with Crippen molar-refractivity contribution in [3.63, 3.8) is 0 Å². The SMILES string of the molecule is CCC1CCC(CN)C(N(CCCO)C(C)C)C1. The van der Waals surface area contributed by atoms with Crippen LogP contribution >= 0.6 is 0 Å². The lowest BCUT2D eigenvalue weighted by Crippen LogP contribution is -2.50. The highest BCUT2D eigenvalue weighted by Crippen LogP contribution is 2.34. The summed E-state index contributed by atoms with van der Waals surface area (Å²) in [5.74, 6) is 1.52. The van der Waals surface area contributed by atoms with E-state index in [1.54, 1.807) is 0 Å². The lowest BCUT2D eigenvalue weighted by atomic mass is 9.76. The van der Waals surface area contributed by atoms with Crippen LogP contribution < -0.4 is 5.73 Å². The molecule has 0 aromatic rings. The van der Waals surface area contributed by atoms with E-state index in [-0.39, 0.29) is 0 Å². The monoisotopic (exact) mass is 256 g/mol. The van der Waals surface area contributed by atoms with E-state index >= 15 is 0 Å². The van der Waals surface area contributed by atoms with Crippen molar-refractivity contribution < 1.29 is 5.11 Å². The molecule has 3 unspecified atom stereocenters. The number of hydrogen-bond acceptors (Lipinski definition) is 3. The fourth-order valence-corrected chi connectivity index (χ4v) is 3.41. The quantitative estimate of drug-likeness (QED) is 0.734. The van der Waals surface area contributed by atoms with Gasteiger partial charge in [0.05, 0.1) is 0 Å². The molecule has 3 atom stereocenters. The Labute approximate surface area is 113 Å². The molecule has 0 heterocycles. The van der Waals surface area contributed by atoms with Gasteiger partial charge in [0.15, 0.2) is 0 Å². The van der Waals surface area contributed by atoms with Crippen LogP contribution in [0, 0.1) is 11.8 Å². The Morgan fingerprint density at radius 3 is 2.56 bits per heavy atom. The minimum absolute atomic E-state index is 0.292. The third kappa shape index (κ3) is 4.22. The smallest absolute Gasteiger partial charge is 0.0443 e. The zero-order chi connectivity index (χ0) is 13.5. The van der Waals surface area contributed by atoms with Crippen LogP contribution in [-0.4, -0.2) is 41.8 Å². The van der Waals surface area contributed by atoms with Crippen molar-refractivity contribution in [2.24, 2.45) is 17.6 Å². The number of hydrogen-bond donors (Lipinski definition) is 2. The van der Waals surface area contributed by atoms with Crippen molar-refractivity contribution in [2.45, 2.75) is 65.0 Å². The molecule has 1 saturated carbocycles. The maximum atomic E-state index is 9.07. The standard InChI is InChI=1S/C15H32N2O/c1-4-13-6-7-14(11-16)15(10-13)17(12(2)3)8-5-9-18/h12-15,18H,4-11,16H2,1-3H3. The molecule has 0 saturated heterocycles. The van der Waals surface area contributed by atoms with Gasteiger partial charge in [-0.3, -0.25) is 4.90 Å². The zero-order valence-corrected chi connectivity index (χ0v) is 12.4. The van der Waals surface area contributed by atoms with E-state index in [1.807, 2.05) is 0 Å². The maximum absolute atomic E-state index is 9.07. The van der Waals surface area contributed by atoms with E-state index in [4.69, 9.17) is 10.8 Å². The first-order valence-electron chi connectivity index (χ1n) is 7.70. The van der Waals surface area contributed by atoms with Gasteiger partial charge in [0.1, 0.15) is 0 Å². The van der Waals surface area contributed by atoms with Gasteiger partial charge in [-0.1, -0.05) is 19.8 Å². The second-order valence-electron chi connectivity index (χ2n) is 6.06. The van der Waals surface area contributed by atoms with Crippen LogP contribution in [0.5, 0.6) is 0 Å². The van der Waals surface area contributed by atoms with Gasteiger partial charge in [-0.05, 0) is 51.5 Å². The Morgan fingerprint density at radius 2 is 2.06 bits per heavy atom. The molecule has 0 aromatic heterocycles. The molecule has 0 amide bonds. The van der Waals surface area contributed by atoms with E-state index in [9.17, 15) is 0 Å². The van der Waals surface area contributed by atoms with Crippen LogP contribution in [0.15, 0.2) is 0 Å². The van der Waals surface area contributed by atoms with E-state index in [0.717, 1.165) is 25.4 Å². The third-order valence-corrected chi connectivity index (χ3v) is 4.61. The molecular weight excluding hydrogens is 224 g/mol. The summed E-state index contributed by atoms with van der Waals surface area (Å²) in [4.78, 5) is 2.58. The van der Waals surface area contributed by atoms with Crippen molar-refractivity contribution in [3.05, 3.63) is 0 Å². The van der Waals surface area contributed by atoms with Gasteiger partial charge in [0.2, 0.25) is 0 Å². The Balaban J connectivity index is 2.69. The van der Waals surface area contributed by atoms with Crippen molar-refractivity contribution in [1.29, 1.82) is 0 Å². The van der Waals surface area contributed by atoms with Gasteiger partial charge in [0, 0.05) is 25.2 Å². The van der Waals surface area contributed by atoms with Gasteiger partial charge >= 0.3 is 0 Å². The molecule has 0 radical (unpaired) electrons. The first-order valence-corrected chi connectivity index (χ1v) is 7.70. The van der Waals surface area contributed by atoms with Gasteiger partial charge in [-0.15, -0.1) is 0 Å². The summed E-state index contributed by atoms with van der Waals surface area (Å²) >= 11 is 0. The molecule has 3 nitrogen and oxygen atoms in total. The van der Waals surface area contributed by atoms with Crippen LogP contribution in [0.1, 0.15) is 52.9 Å². The lowest BCUT2D eigenvalue weighted by molar-refractivity contribution is 0.0515. The van der Waals surface area contributed by atoms with Crippen LogP contribution in [-0.2, 0) is 0 Å². The summed E-state index contributed by atoms with van der Waals surface area (Å²) in [5, 5.41) is 9.07. The fourth-order valence-electron chi connectivity index (χ4n) is 3.41. The number of aliphatic hydroxyl groups excluding tert-OH is 1. The van der Waals surface area contributed by atoms with Crippen molar-refractivity contribution in [2.75, 3.05) is 19.7 Å². The Bertz CT molecular complexity index is 221. The predicted octanol–water partition coefficient (Wildman–Crippen LogP) is 2.23. The van der Waals surface area contributed by atoms with Crippen LogP contribution in [0.2, 0.25) is 0 Å². The molecule has 3 N–H and O–H groups in total. The second-order valence-corrected chi connectivity index (χ2v) is 6.06. The molecule has 1 aliphatic rings. The Kier molecular flexibility index (Phi) is 7.20. The van der Waals surface area contributed by atoms with Gasteiger partial charge in [0.25, 0.3) is 0 Å². The molecule has 1 rings (SSSR count). The lowest BCUT2D eigenvalue weighted by Gasteiger charge is -2.44. The molecule has 1 aliphatic carbocycles. The van der Waals surface area contributed by atoms with E-state index < -0.39 is 0 Å². The maximum Gasteiger partial charge on any atom is 0.0443 e. The number of aliphatic hydroxyl groups is 1. The normalized spacial score (nSPS) is 29.2. The third-order valence-electron chi connectivity index (χ3n) is 4.61. The highest BCUT2D eigenvalue weighted by atomic mass is 16.3. The number of rotatable bonds is 7. The molecule has 0 aromatic carbocycles. The van der Waals surface area contributed by atoms with E-state index in [2.05, 4.69) is 25.7 Å². The van der Waals surface area contributed by atoms with E-state index in [1.165, 1.54) is 25.7 Å². The Morgan fingerprint density at radius 1 is 1.33 bits per heavy atom. The number of nitrogens with zero attached hydrogens (tertiary/aromatic N) is 1. The topological polar surface area (TPSA) is 49.5 Å². The van der Waals surface area contributed by atoms with Crippen molar-refractivity contribution in [3.8, 4) is 0 Å². The summed E-state index contributed by atoms with van der Waals surface area (Å²) < 4.78 is 0. The molecule has 3 heteroatoms. The van der Waals surface area contributed by atoms with Crippen molar-refractivity contribution >= 4 is 0 Å². The fraction of sp³-hybridized carbons (Fsp3) is 1.00. The molecule has 18 heavy (non-hydrogen) atoms. The summed E-state index contributed by atoms with van der Waals surface area (Å²) in [5.41, 5.74) is 5.97. The molecule has 1 fully saturated rings. The number of nitrogens with two attached hydrogens (primary N) is 1. The van der Waals surface area contributed by atoms with Gasteiger partial charge < -0.3 is 10.8 Å². The average molecular weight is 256 g/mol. The first-order chi connectivity index (χ1) is 8.63. The minimum atomic E-state index is 0.292. The first kappa shape index (κ1) is 15.9. The highest BCUT2D eigenvalue weighted by Gasteiger charge is 2.33. The molecule has 0 aliphatic heterocycles. The molecule has 0 spiro atoms. The molecule has 0 bridgehead atoms. The van der Waals surface area contributed by atoms with Gasteiger partial charge in [-0.2, -0.15) is 0 Å². The average Bonchev–Trinajstić information content (AvgIpc) is 2.38. The predicted molar refractivity (Wildman–Crippen MR) is 77.5 cm³/mol. The second kappa shape index (κ2) is 8.13. The minimum Gasteiger partial charge on any atom is -0.396 e. The highest BCUT2D eigenvalue weighted by molar-refractivity contribution is 4.88. The summed E-state index contributed by atoms with van der Waals surface area (Å²) in [7, 11) is 0.